The Labute approximate surface area is 186 Å². The van der Waals surface area contributed by atoms with Gasteiger partial charge < -0.3 is 9.84 Å². The van der Waals surface area contributed by atoms with E-state index >= 15 is 0 Å². The van der Waals surface area contributed by atoms with Crippen LogP contribution in [0.15, 0.2) is 77.7 Å². The Morgan fingerprint density at radius 2 is 1.59 bits per heavy atom. The van der Waals surface area contributed by atoms with Crippen molar-refractivity contribution in [2.45, 2.75) is 31.4 Å². The minimum atomic E-state index is -3.97. The van der Waals surface area contributed by atoms with Crippen LogP contribution in [0.1, 0.15) is 19.4 Å². The van der Waals surface area contributed by atoms with E-state index in [1.807, 2.05) is 12.1 Å². The molecule has 0 heterocycles. The van der Waals surface area contributed by atoms with Gasteiger partial charge in [0.15, 0.2) is 0 Å². The number of hydrogen-bond donors (Lipinski definition) is 2. The summed E-state index contributed by atoms with van der Waals surface area (Å²) in [6.07, 6.45) is 0. The maximum absolute atomic E-state index is 13.2. The number of carbonyl (C=O) groups is 1. The first-order valence-corrected chi connectivity index (χ1v) is 11.5. The second-order valence-electron chi connectivity index (χ2n) is 7.65. The van der Waals surface area contributed by atoms with Crippen molar-refractivity contribution in [2.75, 3.05) is 0 Å². The van der Waals surface area contributed by atoms with Crippen LogP contribution in [0.25, 0.3) is 11.1 Å². The summed E-state index contributed by atoms with van der Waals surface area (Å²) in [4.78, 5) is 11.3. The van der Waals surface area contributed by atoms with E-state index in [2.05, 4.69) is 4.72 Å². The Morgan fingerprint density at radius 3 is 2.12 bits per heavy atom. The smallest absolute Gasteiger partial charge is 0.322 e. The summed E-state index contributed by atoms with van der Waals surface area (Å²) >= 11 is 0. The summed E-state index contributed by atoms with van der Waals surface area (Å²) < 4.78 is 46.2. The Morgan fingerprint density at radius 1 is 1.00 bits per heavy atom. The lowest BCUT2D eigenvalue weighted by Crippen LogP contribution is -2.44. The van der Waals surface area contributed by atoms with Crippen molar-refractivity contribution in [3.05, 3.63) is 84.2 Å². The van der Waals surface area contributed by atoms with E-state index in [4.69, 9.17) is 4.74 Å². The quantitative estimate of drug-likeness (QED) is 0.495. The van der Waals surface area contributed by atoms with E-state index in [1.54, 1.807) is 50.2 Å². The molecule has 32 heavy (non-hydrogen) atoms. The molecule has 3 aromatic rings. The first-order chi connectivity index (χ1) is 15.2. The molecule has 168 valence electrons. The van der Waals surface area contributed by atoms with E-state index in [-0.39, 0.29) is 17.3 Å². The first-order valence-electron chi connectivity index (χ1n) is 9.98. The lowest BCUT2D eigenvalue weighted by Gasteiger charge is -2.18. The summed E-state index contributed by atoms with van der Waals surface area (Å²) in [6.45, 7) is 3.51. The first kappa shape index (κ1) is 23.4. The van der Waals surface area contributed by atoms with Crippen LogP contribution >= 0.6 is 0 Å². The summed E-state index contributed by atoms with van der Waals surface area (Å²) in [5.74, 6) is -1.32. The molecule has 0 amide bonds. The van der Waals surface area contributed by atoms with Gasteiger partial charge in [0.2, 0.25) is 10.0 Å². The van der Waals surface area contributed by atoms with Crippen LogP contribution in [-0.4, -0.2) is 25.5 Å². The fourth-order valence-corrected chi connectivity index (χ4v) is 4.41. The fourth-order valence-electron chi connectivity index (χ4n) is 3.07. The van der Waals surface area contributed by atoms with Crippen LogP contribution in [0.2, 0.25) is 0 Å². The standard InChI is InChI=1S/C24H24FNO5S/c1-16(2)23(24(27)28)26-32(29,30)22-12-8-19(9-13-22)18-6-10-21(11-7-18)31-15-17-4-3-5-20(25)14-17/h3-14,16,23,26H,15H2,1-2H3,(H,27,28)/t23-/m1/s1. The third kappa shape index (κ3) is 5.93. The van der Waals surface area contributed by atoms with E-state index < -0.39 is 28.0 Å². The number of halogens is 1. The van der Waals surface area contributed by atoms with Crippen molar-refractivity contribution in [1.29, 1.82) is 0 Å². The molecule has 0 unspecified atom stereocenters. The molecule has 0 aromatic heterocycles. The van der Waals surface area contributed by atoms with Gasteiger partial charge >= 0.3 is 5.97 Å². The minimum absolute atomic E-state index is 0.0109. The van der Waals surface area contributed by atoms with Gasteiger partial charge in [0, 0.05) is 0 Å². The van der Waals surface area contributed by atoms with Crippen LogP contribution in [0, 0.1) is 11.7 Å². The molecule has 0 aliphatic rings. The summed E-state index contributed by atoms with van der Waals surface area (Å²) in [5.41, 5.74) is 2.37. The van der Waals surface area contributed by atoms with Crippen molar-refractivity contribution >= 4 is 16.0 Å². The largest absolute Gasteiger partial charge is 0.489 e. The molecule has 3 rings (SSSR count). The zero-order chi connectivity index (χ0) is 23.3. The van der Waals surface area contributed by atoms with E-state index in [1.165, 1.54) is 24.3 Å². The topological polar surface area (TPSA) is 92.7 Å². The third-order valence-electron chi connectivity index (χ3n) is 4.86. The SMILES string of the molecule is CC(C)[C@@H](NS(=O)(=O)c1ccc(-c2ccc(OCc3cccc(F)c3)cc2)cc1)C(=O)O. The molecule has 0 fully saturated rings. The number of ether oxygens (including phenoxy) is 1. The molecule has 1 atom stereocenters. The molecule has 8 heteroatoms. The predicted molar refractivity (Wildman–Crippen MR) is 119 cm³/mol. The molecule has 0 spiro atoms. The molecular formula is C24H24FNO5S. The number of carboxylic acids is 1. The van der Waals surface area contributed by atoms with Crippen LogP contribution in [0.4, 0.5) is 4.39 Å². The molecule has 0 aliphatic heterocycles. The summed E-state index contributed by atoms with van der Waals surface area (Å²) in [6, 6.07) is 18.4. The van der Waals surface area contributed by atoms with Crippen LogP contribution < -0.4 is 9.46 Å². The van der Waals surface area contributed by atoms with Gasteiger partial charge in [-0.3, -0.25) is 4.79 Å². The third-order valence-corrected chi connectivity index (χ3v) is 6.32. The average Bonchev–Trinajstić information content (AvgIpc) is 2.76. The summed E-state index contributed by atoms with van der Waals surface area (Å²) in [5, 5.41) is 9.23. The highest BCUT2D eigenvalue weighted by Crippen LogP contribution is 2.24. The highest BCUT2D eigenvalue weighted by Gasteiger charge is 2.27. The van der Waals surface area contributed by atoms with Gasteiger partial charge in [-0.25, -0.2) is 12.8 Å². The molecule has 0 saturated heterocycles. The van der Waals surface area contributed by atoms with E-state index in [0.717, 1.165) is 16.7 Å². The Bertz CT molecular complexity index is 1180. The Balaban J connectivity index is 1.68. The van der Waals surface area contributed by atoms with Crippen LogP contribution in [0.5, 0.6) is 5.75 Å². The number of hydrogen-bond acceptors (Lipinski definition) is 4. The molecule has 0 bridgehead atoms. The monoisotopic (exact) mass is 457 g/mol. The maximum atomic E-state index is 13.2. The molecule has 3 aromatic carbocycles. The number of aliphatic carboxylic acids is 1. The lowest BCUT2D eigenvalue weighted by atomic mass is 10.1. The number of benzene rings is 3. The zero-order valence-corrected chi connectivity index (χ0v) is 18.5. The fraction of sp³-hybridized carbons (Fsp3) is 0.208. The average molecular weight is 458 g/mol. The van der Waals surface area contributed by atoms with Gasteiger partial charge in [-0.1, -0.05) is 50.2 Å². The number of rotatable bonds is 9. The van der Waals surface area contributed by atoms with Crippen molar-refractivity contribution in [3.8, 4) is 16.9 Å². The number of sulfonamides is 1. The van der Waals surface area contributed by atoms with Gasteiger partial charge in [-0.05, 0) is 59.0 Å². The van der Waals surface area contributed by atoms with Gasteiger partial charge in [0.25, 0.3) is 0 Å². The van der Waals surface area contributed by atoms with Crippen molar-refractivity contribution in [3.63, 3.8) is 0 Å². The molecule has 6 nitrogen and oxygen atoms in total. The highest BCUT2D eigenvalue weighted by molar-refractivity contribution is 7.89. The van der Waals surface area contributed by atoms with Crippen molar-refractivity contribution in [1.82, 2.24) is 4.72 Å². The van der Waals surface area contributed by atoms with Gasteiger partial charge in [0.1, 0.15) is 24.2 Å². The molecular weight excluding hydrogens is 433 g/mol. The Kier molecular flexibility index (Phi) is 7.27. The van der Waals surface area contributed by atoms with Crippen molar-refractivity contribution in [2.24, 2.45) is 5.92 Å². The van der Waals surface area contributed by atoms with E-state index in [9.17, 15) is 22.7 Å². The Hall–Kier alpha value is -3.23. The van der Waals surface area contributed by atoms with Gasteiger partial charge in [-0.2, -0.15) is 4.72 Å². The number of carboxylic acid groups (broad SMARTS) is 1. The highest BCUT2D eigenvalue weighted by atomic mass is 32.2. The molecule has 0 saturated carbocycles. The molecule has 2 N–H and O–H groups in total. The zero-order valence-electron chi connectivity index (χ0n) is 17.7. The van der Waals surface area contributed by atoms with E-state index in [0.29, 0.717) is 5.75 Å². The summed E-state index contributed by atoms with van der Waals surface area (Å²) in [7, 11) is -3.97. The van der Waals surface area contributed by atoms with Crippen molar-refractivity contribution < 1.29 is 27.4 Å². The molecule has 0 radical (unpaired) electrons. The second kappa shape index (κ2) is 9.93. The minimum Gasteiger partial charge on any atom is -0.489 e. The predicted octanol–water partition coefficient (Wildman–Crippen LogP) is 4.46. The molecule has 0 aliphatic carbocycles. The van der Waals surface area contributed by atoms with Gasteiger partial charge in [-0.15, -0.1) is 0 Å². The second-order valence-corrected chi connectivity index (χ2v) is 9.36. The lowest BCUT2D eigenvalue weighted by molar-refractivity contribution is -0.140. The normalized spacial score (nSPS) is 12.5. The van der Waals surface area contributed by atoms with Crippen LogP contribution in [0.3, 0.4) is 0 Å². The number of nitrogens with one attached hydrogen (secondary N) is 1. The van der Waals surface area contributed by atoms with Gasteiger partial charge in [0.05, 0.1) is 4.90 Å². The van der Waals surface area contributed by atoms with Crippen LogP contribution in [-0.2, 0) is 21.4 Å². The maximum Gasteiger partial charge on any atom is 0.322 e.